The number of pyridine rings is 1. The van der Waals surface area contributed by atoms with Crippen LogP contribution in [0.1, 0.15) is 0 Å². The molecule has 0 atom stereocenters. The van der Waals surface area contributed by atoms with Crippen molar-refractivity contribution in [3.05, 3.63) is 53.1 Å². The summed E-state index contributed by atoms with van der Waals surface area (Å²) in [4.78, 5) is 21.4. The van der Waals surface area contributed by atoms with Gasteiger partial charge in [0.15, 0.2) is 0 Å². The maximum absolute atomic E-state index is 12.2. The molecule has 2 aromatic heterocycles. The molecule has 0 amide bonds. The summed E-state index contributed by atoms with van der Waals surface area (Å²) in [5.74, 6) is 0.841. The number of likely N-dealkylation sites (N-methyl/N-ethyl adjacent to an activating group) is 1. The molecule has 0 spiro atoms. The number of aromatic nitrogens is 3. The Labute approximate surface area is 128 Å². The summed E-state index contributed by atoms with van der Waals surface area (Å²) in [6.45, 7) is 1.40. The molecule has 1 aromatic carbocycles. The van der Waals surface area contributed by atoms with Crippen molar-refractivity contribution in [1.82, 2.24) is 14.5 Å². The lowest BCUT2D eigenvalue weighted by atomic mass is 10.3. The number of aromatic amines is 1. The molecule has 0 radical (unpaired) electrons. The van der Waals surface area contributed by atoms with Crippen molar-refractivity contribution >= 4 is 16.9 Å². The number of nitrogens with zero attached hydrogens (tertiary/aromatic N) is 3. The number of methoxy groups -OCH3 is 1. The van der Waals surface area contributed by atoms with Gasteiger partial charge in [-0.3, -0.25) is 4.57 Å². The van der Waals surface area contributed by atoms with Crippen LogP contribution >= 0.6 is 0 Å². The Kier molecular flexibility index (Phi) is 3.93. The predicted octanol–water partition coefficient (Wildman–Crippen LogP) is 1.80. The molecule has 0 aliphatic rings. The molecule has 0 saturated carbocycles. The fourth-order valence-corrected chi connectivity index (χ4v) is 2.39. The van der Waals surface area contributed by atoms with Gasteiger partial charge >= 0.3 is 5.69 Å². The minimum atomic E-state index is -0.163. The van der Waals surface area contributed by atoms with E-state index in [1.807, 2.05) is 48.3 Å². The molecule has 0 bridgehead atoms. The van der Waals surface area contributed by atoms with Crippen LogP contribution in [-0.4, -0.2) is 41.8 Å². The molecule has 6 heteroatoms. The highest BCUT2D eigenvalue weighted by Crippen LogP contribution is 2.16. The lowest BCUT2D eigenvalue weighted by Gasteiger charge is -2.17. The zero-order chi connectivity index (χ0) is 15.5. The summed E-state index contributed by atoms with van der Waals surface area (Å²) in [7, 11) is 3.63. The number of imidazole rings is 1. The van der Waals surface area contributed by atoms with Crippen molar-refractivity contribution in [2.24, 2.45) is 0 Å². The van der Waals surface area contributed by atoms with Crippen LogP contribution in [0.5, 0.6) is 0 Å². The Bertz CT molecular complexity index is 820. The summed E-state index contributed by atoms with van der Waals surface area (Å²) in [6.07, 6.45) is 1.71. The summed E-state index contributed by atoms with van der Waals surface area (Å²) in [6, 6.07) is 11.4. The summed E-state index contributed by atoms with van der Waals surface area (Å²) < 4.78 is 6.69. The van der Waals surface area contributed by atoms with Gasteiger partial charge in [-0.2, -0.15) is 0 Å². The monoisotopic (exact) mass is 298 g/mol. The first-order valence-electron chi connectivity index (χ1n) is 7.07. The largest absolute Gasteiger partial charge is 0.383 e. The Balaban J connectivity index is 1.95. The van der Waals surface area contributed by atoms with Gasteiger partial charge in [0, 0.05) is 20.7 Å². The summed E-state index contributed by atoms with van der Waals surface area (Å²) in [5.41, 5.74) is 2.23. The number of para-hydroxylation sites is 2. The van der Waals surface area contributed by atoms with Gasteiger partial charge in [-0.05, 0) is 24.3 Å². The number of H-pyrrole nitrogens is 1. The molecule has 114 valence electrons. The number of hydrogen-bond donors (Lipinski definition) is 1. The SMILES string of the molecule is COCCN(C)c1ccc(-n2c(=O)[nH]c3ccccc32)cn1. The number of benzene rings is 1. The third-order valence-corrected chi connectivity index (χ3v) is 3.60. The standard InChI is InChI=1S/C16H18N4O2/c1-19(9-10-22-2)15-8-7-12(11-17-15)20-14-6-4-3-5-13(14)18-16(20)21/h3-8,11H,9-10H2,1-2H3,(H,18,21). The van der Waals surface area contributed by atoms with Gasteiger partial charge in [0.05, 0.1) is 29.5 Å². The molecule has 0 aliphatic carbocycles. The average molecular weight is 298 g/mol. The third-order valence-electron chi connectivity index (χ3n) is 3.60. The van der Waals surface area contributed by atoms with E-state index in [4.69, 9.17) is 4.74 Å². The molecule has 2 heterocycles. The van der Waals surface area contributed by atoms with Crippen LogP contribution in [0.15, 0.2) is 47.4 Å². The molecular weight excluding hydrogens is 280 g/mol. The number of ether oxygens (including phenoxy) is 1. The van der Waals surface area contributed by atoms with Crippen LogP contribution in [0.25, 0.3) is 16.7 Å². The highest BCUT2D eigenvalue weighted by Gasteiger charge is 2.09. The van der Waals surface area contributed by atoms with Crippen LogP contribution in [0.2, 0.25) is 0 Å². The van der Waals surface area contributed by atoms with Crippen molar-refractivity contribution < 1.29 is 4.74 Å². The minimum Gasteiger partial charge on any atom is -0.383 e. The molecule has 3 rings (SSSR count). The van der Waals surface area contributed by atoms with E-state index >= 15 is 0 Å². The van der Waals surface area contributed by atoms with Crippen molar-refractivity contribution in [3.8, 4) is 5.69 Å². The van der Waals surface area contributed by atoms with Crippen molar-refractivity contribution in [3.63, 3.8) is 0 Å². The van der Waals surface area contributed by atoms with E-state index in [0.717, 1.165) is 29.1 Å². The molecule has 0 unspecified atom stereocenters. The first kappa shape index (κ1) is 14.3. The third kappa shape index (κ3) is 2.60. The van der Waals surface area contributed by atoms with Gasteiger partial charge in [0.2, 0.25) is 0 Å². The van der Waals surface area contributed by atoms with E-state index in [9.17, 15) is 4.79 Å². The molecule has 3 aromatic rings. The number of rotatable bonds is 5. The minimum absolute atomic E-state index is 0.163. The van der Waals surface area contributed by atoms with E-state index in [1.165, 1.54) is 0 Å². The molecule has 6 nitrogen and oxygen atoms in total. The fourth-order valence-electron chi connectivity index (χ4n) is 2.39. The normalized spacial score (nSPS) is 11.0. The van der Waals surface area contributed by atoms with Crippen LogP contribution in [0.4, 0.5) is 5.82 Å². The summed E-state index contributed by atoms with van der Waals surface area (Å²) >= 11 is 0. The van der Waals surface area contributed by atoms with Gasteiger partial charge in [-0.25, -0.2) is 9.78 Å². The highest BCUT2D eigenvalue weighted by molar-refractivity contribution is 5.77. The van der Waals surface area contributed by atoms with E-state index in [-0.39, 0.29) is 5.69 Å². The number of fused-ring (bicyclic) bond motifs is 1. The zero-order valence-electron chi connectivity index (χ0n) is 12.6. The molecule has 0 aliphatic heterocycles. The highest BCUT2D eigenvalue weighted by atomic mass is 16.5. The lowest BCUT2D eigenvalue weighted by molar-refractivity contribution is 0.206. The molecule has 0 saturated heterocycles. The molecule has 22 heavy (non-hydrogen) atoms. The number of nitrogens with one attached hydrogen (secondary N) is 1. The Morgan fingerprint density at radius 2 is 2.09 bits per heavy atom. The topological polar surface area (TPSA) is 63.1 Å². The molecular formula is C16H18N4O2. The molecule has 0 fully saturated rings. The zero-order valence-corrected chi connectivity index (χ0v) is 12.6. The van der Waals surface area contributed by atoms with Crippen LogP contribution in [0, 0.1) is 0 Å². The van der Waals surface area contributed by atoms with Gasteiger partial charge < -0.3 is 14.6 Å². The Morgan fingerprint density at radius 1 is 1.27 bits per heavy atom. The van der Waals surface area contributed by atoms with Gasteiger partial charge in [0.25, 0.3) is 0 Å². The van der Waals surface area contributed by atoms with Crippen molar-refractivity contribution in [2.45, 2.75) is 0 Å². The van der Waals surface area contributed by atoms with E-state index in [2.05, 4.69) is 9.97 Å². The second-order valence-corrected chi connectivity index (χ2v) is 5.07. The number of anilines is 1. The lowest BCUT2D eigenvalue weighted by Crippen LogP contribution is -2.23. The second-order valence-electron chi connectivity index (χ2n) is 5.07. The smallest absolute Gasteiger partial charge is 0.331 e. The van der Waals surface area contributed by atoms with E-state index in [0.29, 0.717) is 6.61 Å². The average Bonchev–Trinajstić information content (AvgIpc) is 2.88. The van der Waals surface area contributed by atoms with Gasteiger partial charge in [-0.1, -0.05) is 12.1 Å². The molecule has 1 N–H and O–H groups in total. The quantitative estimate of drug-likeness (QED) is 0.780. The van der Waals surface area contributed by atoms with Crippen LogP contribution < -0.4 is 10.6 Å². The van der Waals surface area contributed by atoms with Crippen molar-refractivity contribution in [1.29, 1.82) is 0 Å². The Morgan fingerprint density at radius 3 is 2.82 bits per heavy atom. The Hall–Kier alpha value is -2.60. The van der Waals surface area contributed by atoms with Crippen LogP contribution in [0.3, 0.4) is 0 Å². The maximum atomic E-state index is 12.2. The first-order valence-corrected chi connectivity index (χ1v) is 7.07. The maximum Gasteiger partial charge on any atom is 0.331 e. The fraction of sp³-hybridized carbons (Fsp3) is 0.250. The predicted molar refractivity (Wildman–Crippen MR) is 86.8 cm³/mol. The first-order chi connectivity index (χ1) is 10.7. The van der Waals surface area contributed by atoms with Gasteiger partial charge in [-0.15, -0.1) is 0 Å². The van der Waals surface area contributed by atoms with Gasteiger partial charge in [0.1, 0.15) is 5.82 Å². The summed E-state index contributed by atoms with van der Waals surface area (Å²) in [5, 5.41) is 0. The number of hydrogen-bond acceptors (Lipinski definition) is 4. The second kappa shape index (κ2) is 6.03. The van der Waals surface area contributed by atoms with Crippen molar-refractivity contribution in [2.75, 3.05) is 32.2 Å². The van der Waals surface area contributed by atoms with Crippen LogP contribution in [-0.2, 0) is 4.74 Å². The van der Waals surface area contributed by atoms with E-state index in [1.54, 1.807) is 17.9 Å². The van der Waals surface area contributed by atoms with E-state index < -0.39 is 0 Å².